The maximum absolute atomic E-state index is 13.4. The first-order valence-corrected chi connectivity index (χ1v) is 9.85. The number of fused-ring (bicyclic) bond motifs is 1. The van der Waals surface area contributed by atoms with E-state index in [4.69, 9.17) is 33.0 Å². The molecule has 0 amide bonds. The Hall–Kier alpha value is -2.89. The van der Waals surface area contributed by atoms with Crippen molar-refractivity contribution in [1.82, 2.24) is 5.32 Å². The molecule has 1 aliphatic rings. The molecule has 0 aliphatic carbocycles. The molecule has 1 atom stereocenters. The summed E-state index contributed by atoms with van der Waals surface area (Å²) in [5.74, 6) is 1.00. The van der Waals surface area contributed by atoms with E-state index in [1.807, 2.05) is 0 Å². The van der Waals surface area contributed by atoms with E-state index < -0.39 is 23.0 Å². The topological polar surface area (TPSA) is 84.8 Å². The van der Waals surface area contributed by atoms with Crippen molar-refractivity contribution >= 4 is 40.2 Å². The van der Waals surface area contributed by atoms with Crippen LogP contribution in [0.25, 0.3) is 5.57 Å². The minimum atomic E-state index is -4.62. The second-order valence-electron chi connectivity index (χ2n) is 7.00. The summed E-state index contributed by atoms with van der Waals surface area (Å²) in [6.45, 7) is 7.13. The summed E-state index contributed by atoms with van der Waals surface area (Å²) in [6, 6.07) is 5.21. The maximum atomic E-state index is 13.4. The summed E-state index contributed by atoms with van der Waals surface area (Å²) in [6.07, 6.45) is -3.25. The van der Waals surface area contributed by atoms with Gasteiger partial charge in [-0.25, -0.2) is 0 Å². The largest absolute Gasteiger partial charge is 0.466 e. The molecule has 1 aliphatic heterocycles. The van der Waals surface area contributed by atoms with Gasteiger partial charge in [0.05, 0.1) is 33.3 Å². The highest BCUT2D eigenvalue weighted by molar-refractivity contribution is 6.34. The average Bonchev–Trinajstić information content (AvgIpc) is 3.04. The lowest BCUT2D eigenvalue weighted by molar-refractivity contribution is -0.137. The zero-order chi connectivity index (χ0) is 23.1. The van der Waals surface area contributed by atoms with Gasteiger partial charge in [0, 0.05) is 11.1 Å². The van der Waals surface area contributed by atoms with Crippen LogP contribution in [0.5, 0.6) is 0 Å². The molecule has 2 heterocycles. The number of halogens is 5. The molecule has 1 aromatic heterocycles. The molecule has 5 nitrogen and oxygen atoms in total. The summed E-state index contributed by atoms with van der Waals surface area (Å²) in [7, 11) is 0. The molecule has 2 aromatic rings. The number of allylic oxidation sites excluding steroid dienone is 1. The Morgan fingerprint density at radius 1 is 1.35 bits per heavy atom. The number of rotatable bonds is 4. The molecule has 0 fully saturated rings. The van der Waals surface area contributed by atoms with Crippen LogP contribution in [-0.4, -0.2) is 11.6 Å². The first kappa shape index (κ1) is 22.8. The van der Waals surface area contributed by atoms with Gasteiger partial charge in [0.25, 0.3) is 0 Å². The van der Waals surface area contributed by atoms with Gasteiger partial charge in [-0.15, -0.1) is 18.2 Å². The first-order chi connectivity index (χ1) is 14.5. The smallest absolute Gasteiger partial charge is 0.416 e. The number of furan rings is 1. The number of hydrogen-bond donors (Lipinski definition) is 3. The van der Waals surface area contributed by atoms with Crippen molar-refractivity contribution in [2.45, 2.75) is 25.6 Å². The van der Waals surface area contributed by atoms with Gasteiger partial charge in [-0.2, -0.15) is 18.4 Å². The van der Waals surface area contributed by atoms with Gasteiger partial charge in [0.15, 0.2) is 0 Å². The van der Waals surface area contributed by atoms with Gasteiger partial charge >= 0.3 is 6.18 Å². The van der Waals surface area contributed by atoms with Crippen LogP contribution >= 0.6 is 23.2 Å². The highest BCUT2D eigenvalue weighted by atomic mass is 35.5. The van der Waals surface area contributed by atoms with Crippen molar-refractivity contribution in [3.63, 3.8) is 0 Å². The van der Waals surface area contributed by atoms with E-state index in [1.165, 1.54) is 6.08 Å². The molecule has 1 unspecified atom stereocenters. The fraction of sp³-hybridized carbons (Fsp3) is 0.238. The molecule has 0 radical (unpaired) electrons. The third kappa shape index (κ3) is 3.91. The van der Waals surface area contributed by atoms with E-state index in [9.17, 15) is 18.4 Å². The summed E-state index contributed by atoms with van der Waals surface area (Å²) >= 11 is 12.4. The van der Waals surface area contributed by atoms with E-state index >= 15 is 0 Å². The fourth-order valence-corrected chi connectivity index (χ4v) is 4.06. The summed E-state index contributed by atoms with van der Waals surface area (Å²) in [5, 5.41) is 23.4. The van der Waals surface area contributed by atoms with Crippen molar-refractivity contribution < 1.29 is 17.6 Å². The monoisotopic (exact) mass is 468 g/mol. The fourth-order valence-electron chi connectivity index (χ4n) is 3.47. The van der Waals surface area contributed by atoms with Gasteiger partial charge in [-0.3, -0.25) is 5.41 Å². The van der Waals surface area contributed by atoms with Crippen LogP contribution in [0, 0.1) is 30.6 Å². The molecular formula is C21H17Cl2F3N4O. The molecule has 0 bridgehead atoms. The number of aryl methyl sites for hydroxylation is 2. The van der Waals surface area contributed by atoms with E-state index in [1.54, 1.807) is 26.0 Å². The Morgan fingerprint density at radius 3 is 2.52 bits per heavy atom. The highest BCUT2D eigenvalue weighted by Gasteiger charge is 2.41. The molecule has 10 heteroatoms. The van der Waals surface area contributed by atoms with Crippen LogP contribution in [0.15, 0.2) is 41.1 Å². The standard InChI is InChI=1S/C21H17Cl2F3N4O/c1-4-20(9-22)14-6-12(21(24,25)26)7-15(23)18(14)29-19(30-20)17(16(28)8-27)13-5-10(2)31-11(13)3/h4-7,28-30H,1,9H2,2-3H3/b19-17+,28-16?. The predicted octanol–water partition coefficient (Wildman–Crippen LogP) is 6.12. The molecular weight excluding hydrogens is 452 g/mol. The average molecular weight is 469 g/mol. The van der Waals surface area contributed by atoms with Crippen LogP contribution < -0.4 is 10.6 Å². The predicted molar refractivity (Wildman–Crippen MR) is 114 cm³/mol. The van der Waals surface area contributed by atoms with Gasteiger partial charge in [0.1, 0.15) is 29.1 Å². The maximum Gasteiger partial charge on any atom is 0.416 e. The summed E-state index contributed by atoms with van der Waals surface area (Å²) in [5.41, 5.74) is -1.73. The quantitative estimate of drug-likeness (QED) is 0.286. The second-order valence-corrected chi connectivity index (χ2v) is 7.68. The zero-order valence-electron chi connectivity index (χ0n) is 16.5. The molecule has 1 aromatic carbocycles. The highest BCUT2D eigenvalue weighted by Crippen LogP contribution is 2.45. The number of anilines is 1. The molecule has 3 rings (SSSR count). The lowest BCUT2D eigenvalue weighted by Crippen LogP contribution is -2.48. The van der Waals surface area contributed by atoms with E-state index in [-0.39, 0.29) is 33.5 Å². The number of nitrogens with zero attached hydrogens (tertiary/aromatic N) is 1. The normalized spacial score (nSPS) is 19.5. The Labute approximate surface area is 186 Å². The molecule has 0 saturated heterocycles. The Bertz CT molecular complexity index is 1160. The van der Waals surface area contributed by atoms with E-state index in [0.717, 1.165) is 12.1 Å². The van der Waals surface area contributed by atoms with Crippen molar-refractivity contribution in [3.8, 4) is 6.07 Å². The number of alkyl halides is 4. The number of hydrogen-bond acceptors (Lipinski definition) is 5. The Morgan fingerprint density at radius 2 is 2.03 bits per heavy atom. The van der Waals surface area contributed by atoms with Gasteiger partial charge in [0.2, 0.25) is 0 Å². The minimum absolute atomic E-state index is 0.143. The number of nitrogens with one attached hydrogen (secondary N) is 3. The minimum Gasteiger partial charge on any atom is -0.466 e. The van der Waals surface area contributed by atoms with Crippen LogP contribution in [0.4, 0.5) is 18.9 Å². The summed E-state index contributed by atoms with van der Waals surface area (Å²) < 4.78 is 45.7. The van der Waals surface area contributed by atoms with Gasteiger partial charge in [-0.05, 0) is 32.0 Å². The van der Waals surface area contributed by atoms with Crippen LogP contribution in [-0.2, 0) is 11.7 Å². The van der Waals surface area contributed by atoms with E-state index in [2.05, 4.69) is 17.2 Å². The SMILES string of the molecule is C=CC1(CCl)N/C(=C(/C(=N)C#N)c2cc(C)oc2C)Nc2c(Cl)cc(C(F)(F)F)cc21. The van der Waals surface area contributed by atoms with Crippen LogP contribution in [0.3, 0.4) is 0 Å². The lowest BCUT2D eigenvalue weighted by atomic mass is 9.86. The van der Waals surface area contributed by atoms with Gasteiger partial charge in [-0.1, -0.05) is 17.7 Å². The van der Waals surface area contributed by atoms with Crippen LogP contribution in [0.1, 0.15) is 28.2 Å². The summed E-state index contributed by atoms with van der Waals surface area (Å²) in [4.78, 5) is 0. The number of benzene rings is 1. The van der Waals surface area contributed by atoms with E-state index in [0.29, 0.717) is 17.1 Å². The Kier molecular flexibility index (Phi) is 5.87. The first-order valence-electron chi connectivity index (χ1n) is 8.94. The Balaban J connectivity index is 2.35. The van der Waals surface area contributed by atoms with Crippen molar-refractivity contribution in [2.75, 3.05) is 11.2 Å². The second kappa shape index (κ2) is 7.98. The molecule has 0 saturated carbocycles. The lowest BCUT2D eigenvalue weighted by Gasteiger charge is -2.40. The van der Waals surface area contributed by atoms with Crippen molar-refractivity contribution in [1.29, 1.82) is 10.7 Å². The third-order valence-electron chi connectivity index (χ3n) is 4.98. The van der Waals surface area contributed by atoms with Crippen LogP contribution in [0.2, 0.25) is 5.02 Å². The molecule has 162 valence electrons. The number of nitriles is 1. The van der Waals surface area contributed by atoms with Crippen molar-refractivity contribution in [3.05, 3.63) is 69.9 Å². The zero-order valence-corrected chi connectivity index (χ0v) is 18.0. The molecule has 31 heavy (non-hydrogen) atoms. The molecule has 3 N–H and O–H groups in total. The third-order valence-corrected chi connectivity index (χ3v) is 5.70. The molecule has 0 spiro atoms. The van der Waals surface area contributed by atoms with Gasteiger partial charge < -0.3 is 15.1 Å². The van der Waals surface area contributed by atoms with Crippen molar-refractivity contribution in [2.24, 2.45) is 0 Å².